The molecule has 0 N–H and O–H groups in total. The standard InChI is InChI=1S/C12H22O5S/c1-11(2)5-4-6-12(9-11)15-7-10(17-12)8-16-18(3,13)14/h10H,4-9H2,1-3H3. The van der Waals surface area contributed by atoms with Crippen LogP contribution in [-0.2, 0) is 23.8 Å². The molecule has 2 aliphatic rings. The highest BCUT2D eigenvalue weighted by Crippen LogP contribution is 2.46. The van der Waals surface area contributed by atoms with Crippen LogP contribution in [0.4, 0.5) is 0 Å². The Morgan fingerprint density at radius 3 is 2.67 bits per heavy atom. The zero-order valence-electron chi connectivity index (χ0n) is 11.3. The van der Waals surface area contributed by atoms with Crippen LogP contribution >= 0.6 is 0 Å². The topological polar surface area (TPSA) is 61.8 Å². The molecule has 2 unspecified atom stereocenters. The minimum absolute atomic E-state index is 0.0427. The Bertz CT molecular complexity index is 403. The summed E-state index contributed by atoms with van der Waals surface area (Å²) in [5.41, 5.74) is 0.213. The van der Waals surface area contributed by atoms with Crippen LogP contribution in [0.5, 0.6) is 0 Å². The van der Waals surface area contributed by atoms with E-state index < -0.39 is 15.9 Å². The quantitative estimate of drug-likeness (QED) is 0.735. The first-order chi connectivity index (χ1) is 8.20. The average molecular weight is 278 g/mol. The second-order valence-electron chi connectivity index (χ2n) is 6.14. The summed E-state index contributed by atoms with van der Waals surface area (Å²) >= 11 is 0. The minimum atomic E-state index is -3.41. The van der Waals surface area contributed by atoms with Gasteiger partial charge in [0.2, 0.25) is 0 Å². The third-order valence-electron chi connectivity index (χ3n) is 3.54. The Kier molecular flexibility index (Phi) is 3.75. The molecule has 2 atom stereocenters. The molecule has 1 spiro atoms. The third kappa shape index (κ3) is 3.66. The SMILES string of the molecule is CC1(C)CCCC2(C1)OCC(COS(C)(=O)=O)O2. The van der Waals surface area contributed by atoms with Crippen molar-refractivity contribution in [3.63, 3.8) is 0 Å². The average Bonchev–Trinajstić information content (AvgIpc) is 2.55. The summed E-state index contributed by atoms with van der Waals surface area (Å²) in [5.74, 6) is -0.521. The van der Waals surface area contributed by atoms with Crippen LogP contribution in [0.15, 0.2) is 0 Å². The predicted molar refractivity (Wildman–Crippen MR) is 66.6 cm³/mol. The number of rotatable bonds is 3. The van der Waals surface area contributed by atoms with Gasteiger partial charge in [0.25, 0.3) is 10.1 Å². The van der Waals surface area contributed by atoms with Crippen molar-refractivity contribution in [3.8, 4) is 0 Å². The van der Waals surface area contributed by atoms with Gasteiger partial charge in [-0.1, -0.05) is 13.8 Å². The highest BCUT2D eigenvalue weighted by atomic mass is 32.2. The van der Waals surface area contributed by atoms with Gasteiger partial charge in [-0.15, -0.1) is 0 Å². The Morgan fingerprint density at radius 1 is 1.33 bits per heavy atom. The van der Waals surface area contributed by atoms with Crippen LogP contribution in [0, 0.1) is 5.41 Å². The van der Waals surface area contributed by atoms with Crippen molar-refractivity contribution in [2.75, 3.05) is 19.5 Å². The van der Waals surface area contributed by atoms with Crippen LogP contribution in [0.3, 0.4) is 0 Å². The maximum absolute atomic E-state index is 10.9. The molecule has 5 nitrogen and oxygen atoms in total. The van der Waals surface area contributed by atoms with E-state index in [-0.39, 0.29) is 18.1 Å². The number of hydrogen-bond acceptors (Lipinski definition) is 5. The van der Waals surface area contributed by atoms with Crippen LogP contribution < -0.4 is 0 Å². The van der Waals surface area contributed by atoms with Gasteiger partial charge in [0.15, 0.2) is 5.79 Å². The molecule has 1 saturated carbocycles. The Balaban J connectivity index is 1.91. The zero-order chi connectivity index (χ0) is 13.4. The van der Waals surface area contributed by atoms with Gasteiger partial charge in [-0.25, -0.2) is 0 Å². The summed E-state index contributed by atoms with van der Waals surface area (Å²) in [7, 11) is -3.41. The van der Waals surface area contributed by atoms with Crippen molar-refractivity contribution in [1.29, 1.82) is 0 Å². The fourth-order valence-electron chi connectivity index (χ4n) is 2.86. The molecule has 0 bridgehead atoms. The first kappa shape index (κ1) is 14.2. The highest BCUT2D eigenvalue weighted by Gasteiger charge is 2.47. The van der Waals surface area contributed by atoms with Crippen LogP contribution in [0.1, 0.15) is 39.5 Å². The summed E-state index contributed by atoms with van der Waals surface area (Å²) in [6.07, 6.45) is 4.75. The van der Waals surface area contributed by atoms with Crippen LogP contribution in [-0.4, -0.2) is 39.8 Å². The Labute approximate surface area is 109 Å². The monoisotopic (exact) mass is 278 g/mol. The molecule has 1 aliphatic heterocycles. The minimum Gasteiger partial charge on any atom is -0.347 e. The summed E-state index contributed by atoms with van der Waals surface area (Å²) in [6, 6.07) is 0. The zero-order valence-corrected chi connectivity index (χ0v) is 12.1. The smallest absolute Gasteiger partial charge is 0.264 e. The molecule has 0 aromatic carbocycles. The lowest BCUT2D eigenvalue weighted by Gasteiger charge is -2.41. The summed E-state index contributed by atoms with van der Waals surface area (Å²) in [4.78, 5) is 0. The van der Waals surface area contributed by atoms with Crippen molar-refractivity contribution in [3.05, 3.63) is 0 Å². The molecule has 18 heavy (non-hydrogen) atoms. The van der Waals surface area contributed by atoms with Gasteiger partial charge in [-0.05, 0) is 18.3 Å². The molecule has 0 aromatic heterocycles. The molecule has 6 heteroatoms. The second kappa shape index (κ2) is 4.74. The molecule has 1 saturated heterocycles. The van der Waals surface area contributed by atoms with Crippen LogP contribution in [0.2, 0.25) is 0 Å². The van der Waals surface area contributed by atoms with Gasteiger partial charge in [-0.2, -0.15) is 8.42 Å². The van der Waals surface area contributed by atoms with Gasteiger partial charge < -0.3 is 9.47 Å². The fourth-order valence-corrected chi connectivity index (χ4v) is 3.26. The summed E-state index contributed by atoms with van der Waals surface area (Å²) in [5, 5.41) is 0. The van der Waals surface area contributed by atoms with Gasteiger partial charge in [0.1, 0.15) is 6.10 Å². The van der Waals surface area contributed by atoms with E-state index in [4.69, 9.17) is 13.7 Å². The third-order valence-corrected chi connectivity index (χ3v) is 4.11. The van der Waals surface area contributed by atoms with Gasteiger partial charge in [0, 0.05) is 12.8 Å². The lowest BCUT2D eigenvalue weighted by atomic mass is 9.74. The van der Waals surface area contributed by atoms with E-state index in [2.05, 4.69) is 13.8 Å². The Morgan fingerprint density at radius 2 is 2.06 bits per heavy atom. The maximum Gasteiger partial charge on any atom is 0.264 e. The number of hydrogen-bond donors (Lipinski definition) is 0. The fraction of sp³-hybridized carbons (Fsp3) is 1.00. The van der Waals surface area contributed by atoms with Crippen molar-refractivity contribution in [2.45, 2.75) is 51.4 Å². The molecule has 106 valence electrons. The van der Waals surface area contributed by atoms with Crippen molar-refractivity contribution < 1.29 is 22.1 Å². The molecule has 1 heterocycles. The van der Waals surface area contributed by atoms with E-state index >= 15 is 0 Å². The van der Waals surface area contributed by atoms with Gasteiger partial charge in [-0.3, -0.25) is 4.18 Å². The molecule has 0 amide bonds. The van der Waals surface area contributed by atoms with E-state index in [1.807, 2.05) is 0 Å². The van der Waals surface area contributed by atoms with Gasteiger partial charge >= 0.3 is 0 Å². The molecule has 0 aromatic rings. The van der Waals surface area contributed by atoms with Crippen LogP contribution in [0.25, 0.3) is 0 Å². The second-order valence-corrected chi connectivity index (χ2v) is 7.79. The van der Waals surface area contributed by atoms with E-state index in [9.17, 15) is 8.42 Å². The van der Waals surface area contributed by atoms with Crippen molar-refractivity contribution in [2.24, 2.45) is 5.41 Å². The maximum atomic E-state index is 10.9. The summed E-state index contributed by atoms with van der Waals surface area (Å²) in [6.45, 7) is 4.87. The predicted octanol–water partition coefficient (Wildman–Crippen LogP) is 1.67. The largest absolute Gasteiger partial charge is 0.347 e. The molecule has 2 rings (SSSR count). The highest BCUT2D eigenvalue weighted by molar-refractivity contribution is 7.85. The lowest BCUT2D eigenvalue weighted by Crippen LogP contribution is -2.40. The van der Waals surface area contributed by atoms with E-state index in [1.165, 1.54) is 6.42 Å². The number of ether oxygens (including phenoxy) is 2. The first-order valence-electron chi connectivity index (χ1n) is 6.36. The normalized spacial score (nSPS) is 36.1. The lowest BCUT2D eigenvalue weighted by molar-refractivity contribution is -0.208. The summed E-state index contributed by atoms with van der Waals surface area (Å²) < 4.78 is 38.4. The molecular weight excluding hydrogens is 256 g/mol. The van der Waals surface area contributed by atoms with E-state index in [0.717, 1.165) is 25.5 Å². The van der Waals surface area contributed by atoms with Crippen molar-refractivity contribution >= 4 is 10.1 Å². The van der Waals surface area contributed by atoms with Crippen molar-refractivity contribution in [1.82, 2.24) is 0 Å². The van der Waals surface area contributed by atoms with E-state index in [1.54, 1.807) is 0 Å². The molecule has 1 aliphatic carbocycles. The molecule has 0 radical (unpaired) electrons. The van der Waals surface area contributed by atoms with Gasteiger partial charge in [0.05, 0.1) is 19.5 Å². The first-order valence-corrected chi connectivity index (χ1v) is 8.18. The Hall–Kier alpha value is -0.170. The molecular formula is C12H22O5S. The van der Waals surface area contributed by atoms with E-state index in [0.29, 0.717) is 6.61 Å². The molecule has 2 fully saturated rings.